The van der Waals surface area contributed by atoms with E-state index in [-0.39, 0.29) is 0 Å². The first kappa shape index (κ1) is 11.4. The van der Waals surface area contributed by atoms with Crippen LogP contribution >= 0.6 is 23.2 Å². The summed E-state index contributed by atoms with van der Waals surface area (Å²) in [6, 6.07) is 3.88. The summed E-state index contributed by atoms with van der Waals surface area (Å²) in [5.41, 5.74) is 9.55. The van der Waals surface area contributed by atoms with Crippen LogP contribution in [0.5, 0.6) is 0 Å². The maximum atomic E-state index is 6.09. The molecule has 0 spiro atoms. The van der Waals surface area contributed by atoms with E-state index in [1.807, 2.05) is 12.1 Å². The number of rotatable bonds is 1. The minimum Gasteiger partial charge on any atom is -0.358 e. The molecule has 0 radical (unpaired) electrons. The predicted molar refractivity (Wildman–Crippen MR) is 72.9 cm³/mol. The Bertz CT molecular complexity index is 574. The smallest absolute Gasteiger partial charge is 0.0613 e. The van der Waals surface area contributed by atoms with E-state index in [1.165, 1.54) is 16.6 Å². The third-order valence-corrected chi connectivity index (χ3v) is 4.39. The van der Waals surface area contributed by atoms with Crippen LogP contribution in [0.1, 0.15) is 17.7 Å². The van der Waals surface area contributed by atoms with Gasteiger partial charge in [0.2, 0.25) is 0 Å². The van der Waals surface area contributed by atoms with Gasteiger partial charge in [-0.15, -0.1) is 0 Å². The minimum atomic E-state index is 0.593. The topological polar surface area (TPSA) is 41.8 Å². The number of nitrogens with two attached hydrogens (primary N) is 1. The van der Waals surface area contributed by atoms with Crippen molar-refractivity contribution in [1.29, 1.82) is 0 Å². The summed E-state index contributed by atoms with van der Waals surface area (Å²) in [4.78, 5) is 3.44. The quantitative estimate of drug-likeness (QED) is 0.816. The molecule has 2 nitrogen and oxygen atoms in total. The summed E-state index contributed by atoms with van der Waals surface area (Å²) in [6.07, 6.45) is 3.28. The number of halogens is 2. The fourth-order valence-electron chi connectivity index (χ4n) is 2.69. The molecule has 0 saturated carbocycles. The lowest BCUT2D eigenvalue weighted by Gasteiger charge is -2.20. The number of hydrogen-bond donors (Lipinski definition) is 2. The number of benzene rings is 1. The molecule has 3 rings (SSSR count). The molecule has 3 N–H and O–H groups in total. The van der Waals surface area contributed by atoms with Crippen molar-refractivity contribution >= 4 is 34.1 Å². The van der Waals surface area contributed by atoms with E-state index in [9.17, 15) is 0 Å². The number of hydrogen-bond acceptors (Lipinski definition) is 1. The van der Waals surface area contributed by atoms with Crippen LogP contribution in [0, 0.1) is 5.92 Å². The van der Waals surface area contributed by atoms with Gasteiger partial charge in [-0.05, 0) is 49.4 Å². The largest absolute Gasteiger partial charge is 0.358 e. The molecule has 1 aliphatic rings. The normalized spacial score (nSPS) is 19.6. The van der Waals surface area contributed by atoms with E-state index in [4.69, 9.17) is 28.9 Å². The SMILES string of the molecule is NC[C@@H]1CCc2[nH]c3cc(Cl)c(Cl)cc3c2C1. The lowest BCUT2D eigenvalue weighted by atomic mass is 9.86. The van der Waals surface area contributed by atoms with Crippen molar-refractivity contribution in [3.8, 4) is 0 Å². The van der Waals surface area contributed by atoms with Gasteiger partial charge >= 0.3 is 0 Å². The van der Waals surface area contributed by atoms with Crippen molar-refractivity contribution < 1.29 is 0 Å². The minimum absolute atomic E-state index is 0.593. The molecular weight excluding hydrogens is 255 g/mol. The zero-order chi connectivity index (χ0) is 12.0. The fraction of sp³-hybridized carbons (Fsp3) is 0.385. The number of nitrogens with one attached hydrogen (secondary N) is 1. The first-order chi connectivity index (χ1) is 8.19. The summed E-state index contributed by atoms with van der Waals surface area (Å²) in [6.45, 7) is 0.757. The second-order valence-electron chi connectivity index (χ2n) is 4.74. The van der Waals surface area contributed by atoms with Crippen molar-refractivity contribution in [3.05, 3.63) is 33.4 Å². The van der Waals surface area contributed by atoms with Crippen LogP contribution in [-0.2, 0) is 12.8 Å². The molecule has 4 heteroatoms. The Balaban J connectivity index is 2.17. The number of aryl methyl sites for hydroxylation is 1. The third-order valence-electron chi connectivity index (χ3n) is 3.66. The molecule has 0 fully saturated rings. The molecule has 1 heterocycles. The Morgan fingerprint density at radius 1 is 1.29 bits per heavy atom. The number of aromatic nitrogens is 1. The molecule has 2 aromatic rings. The summed E-state index contributed by atoms with van der Waals surface area (Å²) < 4.78 is 0. The van der Waals surface area contributed by atoms with Crippen LogP contribution in [0.3, 0.4) is 0 Å². The lowest BCUT2D eigenvalue weighted by molar-refractivity contribution is 0.468. The van der Waals surface area contributed by atoms with Gasteiger partial charge in [0.05, 0.1) is 10.0 Å². The highest BCUT2D eigenvalue weighted by atomic mass is 35.5. The van der Waals surface area contributed by atoms with Gasteiger partial charge in [-0.2, -0.15) is 0 Å². The molecule has 90 valence electrons. The predicted octanol–water partition coefficient (Wildman–Crippen LogP) is 3.54. The van der Waals surface area contributed by atoms with Crippen molar-refractivity contribution in [2.45, 2.75) is 19.3 Å². The molecule has 0 aliphatic heterocycles. The Morgan fingerprint density at radius 3 is 2.82 bits per heavy atom. The van der Waals surface area contributed by atoms with Crippen molar-refractivity contribution in [1.82, 2.24) is 4.98 Å². The summed E-state index contributed by atoms with van der Waals surface area (Å²) >= 11 is 12.1. The second kappa shape index (κ2) is 4.20. The number of fused-ring (bicyclic) bond motifs is 3. The Hall–Kier alpha value is -0.700. The summed E-state index contributed by atoms with van der Waals surface area (Å²) in [7, 11) is 0. The van der Waals surface area contributed by atoms with Gasteiger partial charge in [0.1, 0.15) is 0 Å². The molecule has 17 heavy (non-hydrogen) atoms. The maximum Gasteiger partial charge on any atom is 0.0613 e. The van der Waals surface area contributed by atoms with Crippen LogP contribution in [0.4, 0.5) is 0 Å². The average molecular weight is 269 g/mol. The Labute approximate surface area is 110 Å². The van der Waals surface area contributed by atoms with Crippen LogP contribution in [0.25, 0.3) is 10.9 Å². The van der Waals surface area contributed by atoms with Crippen molar-refractivity contribution in [2.75, 3.05) is 6.54 Å². The fourth-order valence-corrected chi connectivity index (χ4v) is 3.01. The van der Waals surface area contributed by atoms with Gasteiger partial charge in [0.25, 0.3) is 0 Å². The Kier molecular flexibility index (Phi) is 2.81. The number of aromatic amines is 1. The summed E-state index contributed by atoms with van der Waals surface area (Å²) in [5, 5.41) is 2.43. The summed E-state index contributed by atoms with van der Waals surface area (Å²) in [5.74, 6) is 0.593. The zero-order valence-corrected chi connectivity index (χ0v) is 10.9. The molecule has 0 bridgehead atoms. The first-order valence-corrected chi connectivity index (χ1v) is 6.63. The van der Waals surface area contributed by atoms with E-state index in [1.54, 1.807) is 0 Å². The molecular formula is C13H14Cl2N2. The van der Waals surface area contributed by atoms with Crippen LogP contribution in [-0.4, -0.2) is 11.5 Å². The van der Waals surface area contributed by atoms with E-state index >= 15 is 0 Å². The number of H-pyrrole nitrogens is 1. The van der Waals surface area contributed by atoms with Gasteiger partial charge in [0, 0.05) is 16.6 Å². The van der Waals surface area contributed by atoms with Crippen LogP contribution in [0.2, 0.25) is 10.0 Å². The van der Waals surface area contributed by atoms with E-state index in [0.717, 1.165) is 31.3 Å². The highest BCUT2D eigenvalue weighted by molar-refractivity contribution is 6.42. The van der Waals surface area contributed by atoms with E-state index < -0.39 is 0 Å². The standard InChI is InChI=1S/C13H14Cl2N2/c14-10-4-9-8-3-7(6-16)1-2-12(8)17-13(9)5-11(10)15/h4-5,7,17H,1-3,6,16H2/t7-/m1/s1. The second-order valence-corrected chi connectivity index (χ2v) is 5.55. The van der Waals surface area contributed by atoms with Crippen molar-refractivity contribution in [2.24, 2.45) is 11.7 Å². The molecule has 1 aromatic heterocycles. The van der Waals surface area contributed by atoms with Gasteiger partial charge in [-0.25, -0.2) is 0 Å². The molecule has 0 amide bonds. The average Bonchev–Trinajstić information content (AvgIpc) is 2.67. The van der Waals surface area contributed by atoms with Gasteiger partial charge in [-0.3, -0.25) is 0 Å². The van der Waals surface area contributed by atoms with Crippen molar-refractivity contribution in [3.63, 3.8) is 0 Å². The molecule has 1 aliphatic carbocycles. The van der Waals surface area contributed by atoms with E-state index in [0.29, 0.717) is 16.0 Å². The Morgan fingerprint density at radius 2 is 2.06 bits per heavy atom. The monoisotopic (exact) mass is 268 g/mol. The lowest BCUT2D eigenvalue weighted by Crippen LogP contribution is -2.21. The van der Waals surface area contributed by atoms with Gasteiger partial charge in [-0.1, -0.05) is 23.2 Å². The first-order valence-electron chi connectivity index (χ1n) is 5.87. The highest BCUT2D eigenvalue weighted by Gasteiger charge is 2.22. The highest BCUT2D eigenvalue weighted by Crippen LogP contribution is 2.35. The molecule has 1 atom stereocenters. The molecule has 0 unspecified atom stereocenters. The zero-order valence-electron chi connectivity index (χ0n) is 9.39. The van der Waals surface area contributed by atoms with Gasteiger partial charge < -0.3 is 10.7 Å². The third kappa shape index (κ3) is 1.85. The van der Waals surface area contributed by atoms with Gasteiger partial charge in [0.15, 0.2) is 0 Å². The van der Waals surface area contributed by atoms with Crippen LogP contribution < -0.4 is 5.73 Å². The van der Waals surface area contributed by atoms with E-state index in [2.05, 4.69) is 4.98 Å². The molecule has 0 saturated heterocycles. The maximum absolute atomic E-state index is 6.09. The molecule has 1 aromatic carbocycles. The van der Waals surface area contributed by atoms with Crippen LogP contribution in [0.15, 0.2) is 12.1 Å².